The first-order valence-corrected chi connectivity index (χ1v) is 9.69. The van der Waals surface area contributed by atoms with E-state index in [1.165, 1.54) is 43.5 Å². The van der Waals surface area contributed by atoms with Gasteiger partial charge in [-0.3, -0.25) is 0 Å². The molecule has 0 amide bonds. The quantitative estimate of drug-likeness (QED) is 0.304. The molecule has 28 heavy (non-hydrogen) atoms. The average molecular weight is 401 g/mol. The lowest BCUT2D eigenvalue weighted by atomic mass is 10.1. The highest BCUT2D eigenvalue weighted by Gasteiger charge is 2.19. The molecule has 146 valence electrons. The second-order valence-corrected chi connectivity index (χ2v) is 7.20. The smallest absolute Gasteiger partial charge is 0.348 e. The van der Waals surface area contributed by atoms with Crippen LogP contribution in [0.5, 0.6) is 11.5 Å². The van der Waals surface area contributed by atoms with E-state index in [9.17, 15) is 13.2 Å². The zero-order valence-electron chi connectivity index (χ0n) is 15.6. The molecule has 0 aliphatic rings. The van der Waals surface area contributed by atoms with Gasteiger partial charge in [-0.2, -0.15) is 13.7 Å². The molecule has 0 heterocycles. The number of methoxy groups -OCH3 is 1. The predicted molar refractivity (Wildman–Crippen MR) is 102 cm³/mol. The molecule has 0 aliphatic carbocycles. The fourth-order valence-electron chi connectivity index (χ4n) is 2.23. The SMILES string of the molecule is CCOC(=O)/C(C#N)=C\c1ccc(OS(=O)(=O)c2ccc(C)cc2)c(OC)c1. The van der Waals surface area contributed by atoms with Crippen molar-refractivity contribution in [1.82, 2.24) is 0 Å². The summed E-state index contributed by atoms with van der Waals surface area (Å²) in [5.41, 5.74) is 1.17. The summed E-state index contributed by atoms with van der Waals surface area (Å²) in [6, 6.07) is 12.3. The Labute approximate surface area is 163 Å². The van der Waals surface area contributed by atoms with Crippen LogP contribution >= 0.6 is 0 Å². The molecule has 2 aromatic carbocycles. The van der Waals surface area contributed by atoms with Crippen molar-refractivity contribution in [3.63, 3.8) is 0 Å². The zero-order valence-corrected chi connectivity index (χ0v) is 16.4. The monoisotopic (exact) mass is 401 g/mol. The van der Waals surface area contributed by atoms with Crippen molar-refractivity contribution in [2.24, 2.45) is 0 Å². The maximum atomic E-state index is 12.5. The minimum Gasteiger partial charge on any atom is -0.493 e. The van der Waals surface area contributed by atoms with Crippen molar-refractivity contribution >= 4 is 22.2 Å². The third-order valence-electron chi connectivity index (χ3n) is 3.62. The van der Waals surface area contributed by atoms with Crippen molar-refractivity contribution in [1.29, 1.82) is 5.26 Å². The molecule has 0 aliphatic heterocycles. The molecule has 0 saturated heterocycles. The molecule has 8 heteroatoms. The van der Waals surface area contributed by atoms with Gasteiger partial charge in [0.15, 0.2) is 11.5 Å². The van der Waals surface area contributed by atoms with E-state index in [1.807, 2.05) is 6.92 Å². The highest BCUT2D eigenvalue weighted by molar-refractivity contribution is 7.87. The van der Waals surface area contributed by atoms with Crippen LogP contribution in [-0.4, -0.2) is 28.1 Å². The summed E-state index contributed by atoms with van der Waals surface area (Å²) < 4.78 is 40.1. The maximum absolute atomic E-state index is 12.5. The first-order chi connectivity index (χ1) is 13.3. The molecule has 0 atom stereocenters. The summed E-state index contributed by atoms with van der Waals surface area (Å²) in [5.74, 6) is -0.633. The lowest BCUT2D eigenvalue weighted by Gasteiger charge is -2.11. The van der Waals surface area contributed by atoms with E-state index in [0.717, 1.165) is 5.56 Å². The number of carbonyl (C=O) groups is 1. The van der Waals surface area contributed by atoms with Crippen LogP contribution in [0.15, 0.2) is 52.9 Å². The largest absolute Gasteiger partial charge is 0.493 e. The van der Waals surface area contributed by atoms with Gasteiger partial charge in [0.2, 0.25) is 0 Å². The third kappa shape index (κ3) is 5.11. The second kappa shape index (κ2) is 9.06. The molecule has 2 rings (SSSR count). The van der Waals surface area contributed by atoms with Crippen LogP contribution < -0.4 is 8.92 Å². The Balaban J connectivity index is 2.34. The molecule has 0 aromatic heterocycles. The molecule has 0 fully saturated rings. The van der Waals surface area contributed by atoms with Gasteiger partial charge in [0.05, 0.1) is 13.7 Å². The van der Waals surface area contributed by atoms with Crippen LogP contribution in [0.1, 0.15) is 18.1 Å². The molecule has 0 spiro atoms. The number of carbonyl (C=O) groups excluding carboxylic acids is 1. The molecular weight excluding hydrogens is 382 g/mol. The van der Waals surface area contributed by atoms with Crippen LogP contribution in [0.3, 0.4) is 0 Å². The lowest BCUT2D eigenvalue weighted by Crippen LogP contribution is -2.10. The van der Waals surface area contributed by atoms with Crippen molar-refractivity contribution < 1.29 is 26.9 Å². The van der Waals surface area contributed by atoms with E-state index in [1.54, 1.807) is 25.1 Å². The van der Waals surface area contributed by atoms with E-state index in [2.05, 4.69) is 0 Å². The van der Waals surface area contributed by atoms with Gasteiger partial charge in [0.25, 0.3) is 0 Å². The summed E-state index contributed by atoms with van der Waals surface area (Å²) >= 11 is 0. The van der Waals surface area contributed by atoms with Gasteiger partial charge in [0, 0.05) is 0 Å². The number of hydrogen-bond acceptors (Lipinski definition) is 7. The van der Waals surface area contributed by atoms with Gasteiger partial charge < -0.3 is 13.7 Å². The number of ether oxygens (including phenoxy) is 2. The Bertz CT molecular complexity index is 1030. The fraction of sp³-hybridized carbons (Fsp3) is 0.200. The van der Waals surface area contributed by atoms with Crippen molar-refractivity contribution in [2.45, 2.75) is 18.7 Å². The third-order valence-corrected chi connectivity index (χ3v) is 4.87. The number of benzene rings is 2. The van der Waals surface area contributed by atoms with Crippen LogP contribution in [0.4, 0.5) is 0 Å². The van der Waals surface area contributed by atoms with Crippen LogP contribution in [0.25, 0.3) is 6.08 Å². The minimum absolute atomic E-state index is 0.0122. The molecule has 0 N–H and O–H groups in total. The minimum atomic E-state index is -4.05. The molecule has 7 nitrogen and oxygen atoms in total. The Kier molecular flexibility index (Phi) is 6.79. The van der Waals surface area contributed by atoms with Crippen LogP contribution in [0, 0.1) is 18.3 Å². The fourth-order valence-corrected chi connectivity index (χ4v) is 3.17. The molecule has 0 radical (unpaired) electrons. The van der Waals surface area contributed by atoms with Gasteiger partial charge >= 0.3 is 16.1 Å². The molecule has 0 bridgehead atoms. The number of nitriles is 1. The predicted octanol–water partition coefficient (Wildman–Crippen LogP) is 3.24. The number of rotatable bonds is 7. The molecule has 0 saturated carbocycles. The van der Waals surface area contributed by atoms with Crippen LogP contribution in [0.2, 0.25) is 0 Å². The van der Waals surface area contributed by atoms with E-state index in [4.69, 9.17) is 18.9 Å². The topological polar surface area (TPSA) is 103 Å². The summed E-state index contributed by atoms with van der Waals surface area (Å²) in [4.78, 5) is 11.7. The van der Waals surface area contributed by atoms with E-state index in [0.29, 0.717) is 5.56 Å². The number of aryl methyl sites for hydroxylation is 1. The average Bonchev–Trinajstić information content (AvgIpc) is 2.67. The van der Waals surface area contributed by atoms with Crippen molar-refractivity contribution in [3.8, 4) is 17.6 Å². The number of esters is 1. The zero-order chi connectivity index (χ0) is 20.7. The Morgan fingerprint density at radius 2 is 1.82 bits per heavy atom. The summed E-state index contributed by atoms with van der Waals surface area (Å²) in [6.45, 7) is 3.62. The second-order valence-electron chi connectivity index (χ2n) is 5.65. The summed E-state index contributed by atoms with van der Waals surface area (Å²) in [6.07, 6.45) is 1.32. The number of nitrogens with zero attached hydrogens (tertiary/aromatic N) is 1. The van der Waals surface area contributed by atoms with Gasteiger partial charge in [-0.1, -0.05) is 23.8 Å². The Morgan fingerprint density at radius 3 is 2.39 bits per heavy atom. The normalized spacial score (nSPS) is 11.4. The standard InChI is InChI=1S/C20H19NO6S/c1-4-26-20(22)16(13-21)11-15-7-10-18(19(12-15)25-3)27-28(23,24)17-8-5-14(2)6-9-17/h5-12H,4H2,1-3H3/b16-11-. The number of hydrogen-bond donors (Lipinski definition) is 0. The Morgan fingerprint density at radius 1 is 1.14 bits per heavy atom. The lowest BCUT2D eigenvalue weighted by molar-refractivity contribution is -0.137. The van der Waals surface area contributed by atoms with Crippen molar-refractivity contribution in [3.05, 3.63) is 59.2 Å². The van der Waals surface area contributed by atoms with Crippen LogP contribution in [-0.2, 0) is 19.6 Å². The maximum Gasteiger partial charge on any atom is 0.348 e. The van der Waals surface area contributed by atoms with E-state index < -0.39 is 16.1 Å². The van der Waals surface area contributed by atoms with Gasteiger partial charge in [-0.05, 0) is 49.8 Å². The molecular formula is C20H19NO6S. The van der Waals surface area contributed by atoms with Gasteiger partial charge in [-0.15, -0.1) is 0 Å². The first-order valence-electron chi connectivity index (χ1n) is 8.29. The van der Waals surface area contributed by atoms with E-state index in [-0.39, 0.29) is 28.6 Å². The highest BCUT2D eigenvalue weighted by atomic mass is 32.2. The Hall–Kier alpha value is -3.31. The molecule has 0 unspecified atom stereocenters. The summed E-state index contributed by atoms with van der Waals surface area (Å²) in [7, 11) is -2.69. The van der Waals surface area contributed by atoms with Gasteiger partial charge in [-0.25, -0.2) is 4.79 Å². The first kappa shape index (κ1) is 21.0. The van der Waals surface area contributed by atoms with Gasteiger partial charge in [0.1, 0.15) is 16.5 Å². The van der Waals surface area contributed by atoms with E-state index >= 15 is 0 Å². The highest BCUT2D eigenvalue weighted by Crippen LogP contribution is 2.31. The molecule has 2 aromatic rings. The summed E-state index contributed by atoms with van der Waals surface area (Å²) in [5, 5.41) is 9.11. The van der Waals surface area contributed by atoms with Crippen molar-refractivity contribution in [2.75, 3.05) is 13.7 Å².